The van der Waals surface area contributed by atoms with Crippen LogP contribution in [0, 0.1) is 0 Å². The molecule has 0 fully saturated rings. The van der Waals surface area contributed by atoms with E-state index in [9.17, 15) is 9.59 Å². The summed E-state index contributed by atoms with van der Waals surface area (Å²) >= 11 is 16.1. The largest absolute Gasteiger partial charge is 0.496 e. The van der Waals surface area contributed by atoms with Crippen molar-refractivity contribution >= 4 is 62.8 Å². The molecule has 3 aromatic carbocycles. The van der Waals surface area contributed by atoms with Gasteiger partial charge in [-0.2, -0.15) is 0 Å². The molecule has 10 heteroatoms. The SMILES string of the molecule is CCOC(=O)c1cc(Cl)c(NC(=O)/C=C/c2cc(Br)c(OCc3ccccc3Cl)c(OCC)c2)cc1OC. The number of methoxy groups -OCH3 is 1. The van der Waals surface area contributed by atoms with Crippen LogP contribution in [-0.4, -0.2) is 32.2 Å². The summed E-state index contributed by atoms with van der Waals surface area (Å²) in [6.07, 6.45) is 2.97. The van der Waals surface area contributed by atoms with E-state index in [0.29, 0.717) is 33.2 Å². The normalized spacial score (nSPS) is 10.8. The Morgan fingerprint density at radius 2 is 1.74 bits per heavy atom. The number of amides is 1. The standard InChI is InChI=1S/C28H26BrCl2NO6/c1-4-36-25-13-17(12-20(29)27(25)38-16-18-8-6-7-9-21(18)30)10-11-26(33)32-23-15-24(35-3)19(14-22(23)31)28(34)37-5-2/h6-15H,4-5,16H2,1-3H3,(H,32,33)/b11-10+. The van der Waals surface area contributed by atoms with E-state index in [1.54, 1.807) is 31.2 Å². The van der Waals surface area contributed by atoms with Crippen molar-refractivity contribution in [2.24, 2.45) is 0 Å². The third kappa shape index (κ3) is 7.66. The third-order valence-electron chi connectivity index (χ3n) is 5.13. The van der Waals surface area contributed by atoms with Gasteiger partial charge in [0.15, 0.2) is 11.5 Å². The van der Waals surface area contributed by atoms with E-state index in [-0.39, 0.29) is 35.2 Å². The van der Waals surface area contributed by atoms with Gasteiger partial charge in [-0.1, -0.05) is 41.4 Å². The average Bonchev–Trinajstić information content (AvgIpc) is 2.89. The van der Waals surface area contributed by atoms with Gasteiger partial charge in [-0.05, 0) is 65.7 Å². The van der Waals surface area contributed by atoms with Crippen molar-refractivity contribution < 1.29 is 28.5 Å². The van der Waals surface area contributed by atoms with Crippen LogP contribution in [0.2, 0.25) is 10.0 Å². The summed E-state index contributed by atoms with van der Waals surface area (Å²) in [6, 6.07) is 13.9. The van der Waals surface area contributed by atoms with E-state index < -0.39 is 11.9 Å². The van der Waals surface area contributed by atoms with Crippen LogP contribution in [0.3, 0.4) is 0 Å². The molecular formula is C28H26BrCl2NO6. The van der Waals surface area contributed by atoms with Crippen LogP contribution in [0.25, 0.3) is 6.08 Å². The first-order valence-electron chi connectivity index (χ1n) is 11.6. The van der Waals surface area contributed by atoms with Gasteiger partial charge in [0, 0.05) is 22.7 Å². The number of halogens is 3. The number of anilines is 1. The number of esters is 1. The summed E-state index contributed by atoms with van der Waals surface area (Å²) in [5.74, 6) is 0.250. The van der Waals surface area contributed by atoms with Gasteiger partial charge in [0.05, 0.1) is 35.5 Å². The zero-order chi connectivity index (χ0) is 27.7. The van der Waals surface area contributed by atoms with Crippen molar-refractivity contribution in [2.75, 3.05) is 25.6 Å². The number of carbonyl (C=O) groups is 2. The lowest BCUT2D eigenvalue weighted by molar-refractivity contribution is -0.111. The topological polar surface area (TPSA) is 83.1 Å². The first-order chi connectivity index (χ1) is 18.3. The molecule has 7 nitrogen and oxygen atoms in total. The summed E-state index contributed by atoms with van der Waals surface area (Å²) in [5, 5.41) is 3.47. The zero-order valence-electron chi connectivity index (χ0n) is 21.0. The Balaban J connectivity index is 1.77. The lowest BCUT2D eigenvalue weighted by atomic mass is 10.1. The Hall–Kier alpha value is -3.20. The molecule has 0 aliphatic rings. The molecule has 200 valence electrons. The molecule has 3 rings (SSSR count). The Morgan fingerprint density at radius 3 is 2.42 bits per heavy atom. The number of nitrogens with one attached hydrogen (secondary N) is 1. The molecule has 0 atom stereocenters. The molecule has 1 N–H and O–H groups in total. The van der Waals surface area contributed by atoms with E-state index in [0.717, 1.165) is 5.56 Å². The highest BCUT2D eigenvalue weighted by Gasteiger charge is 2.18. The van der Waals surface area contributed by atoms with Gasteiger partial charge in [-0.3, -0.25) is 4.79 Å². The maximum Gasteiger partial charge on any atom is 0.341 e. The molecule has 3 aromatic rings. The maximum absolute atomic E-state index is 12.6. The van der Waals surface area contributed by atoms with E-state index in [2.05, 4.69) is 21.2 Å². The van der Waals surface area contributed by atoms with Crippen molar-refractivity contribution in [3.8, 4) is 17.2 Å². The maximum atomic E-state index is 12.6. The van der Waals surface area contributed by atoms with Gasteiger partial charge < -0.3 is 24.3 Å². The van der Waals surface area contributed by atoms with Gasteiger partial charge in [0.1, 0.15) is 17.9 Å². The second kappa shape index (κ2) is 14.1. The van der Waals surface area contributed by atoms with Crippen molar-refractivity contribution in [3.05, 3.63) is 85.8 Å². The van der Waals surface area contributed by atoms with Crippen LogP contribution in [0.15, 0.2) is 59.1 Å². The van der Waals surface area contributed by atoms with Crippen molar-refractivity contribution in [2.45, 2.75) is 20.5 Å². The Morgan fingerprint density at radius 1 is 0.974 bits per heavy atom. The van der Waals surface area contributed by atoms with E-state index >= 15 is 0 Å². The Labute approximate surface area is 239 Å². The molecule has 38 heavy (non-hydrogen) atoms. The minimum absolute atomic E-state index is 0.164. The van der Waals surface area contributed by atoms with Crippen molar-refractivity contribution in [1.82, 2.24) is 0 Å². The van der Waals surface area contributed by atoms with Gasteiger partial charge in [0.25, 0.3) is 0 Å². The van der Waals surface area contributed by atoms with Gasteiger partial charge >= 0.3 is 5.97 Å². The van der Waals surface area contributed by atoms with Gasteiger partial charge in [-0.25, -0.2) is 4.79 Å². The molecule has 0 saturated carbocycles. The molecule has 0 aliphatic heterocycles. The predicted molar refractivity (Wildman–Crippen MR) is 153 cm³/mol. The molecule has 0 spiro atoms. The van der Waals surface area contributed by atoms with Crippen LogP contribution in [0.1, 0.15) is 35.3 Å². The summed E-state index contributed by atoms with van der Waals surface area (Å²) < 4.78 is 22.7. The Kier molecular flexibility index (Phi) is 10.9. The predicted octanol–water partition coefficient (Wildman–Crippen LogP) is 7.57. The summed E-state index contributed by atoms with van der Waals surface area (Å²) in [4.78, 5) is 24.8. The number of hydrogen-bond donors (Lipinski definition) is 1. The molecule has 0 aliphatic carbocycles. The third-order valence-corrected chi connectivity index (χ3v) is 6.40. The second-order valence-corrected chi connectivity index (χ2v) is 9.39. The summed E-state index contributed by atoms with van der Waals surface area (Å²) in [5.41, 5.74) is 1.99. The molecule has 0 aromatic heterocycles. The molecule has 0 radical (unpaired) electrons. The molecule has 0 bridgehead atoms. The quantitative estimate of drug-likeness (QED) is 0.175. The molecule has 0 heterocycles. The summed E-state index contributed by atoms with van der Waals surface area (Å²) in [7, 11) is 1.41. The second-order valence-electron chi connectivity index (χ2n) is 7.72. The zero-order valence-corrected chi connectivity index (χ0v) is 24.1. The number of ether oxygens (including phenoxy) is 4. The van der Waals surface area contributed by atoms with Gasteiger partial charge in [0.2, 0.25) is 5.91 Å². The fourth-order valence-corrected chi connectivity index (χ4v) is 4.36. The van der Waals surface area contributed by atoms with Gasteiger partial charge in [-0.15, -0.1) is 0 Å². The highest BCUT2D eigenvalue weighted by atomic mass is 79.9. The lowest BCUT2D eigenvalue weighted by Crippen LogP contribution is -2.11. The van der Waals surface area contributed by atoms with Crippen LogP contribution >= 0.6 is 39.1 Å². The van der Waals surface area contributed by atoms with Crippen LogP contribution in [0.5, 0.6) is 17.2 Å². The monoisotopic (exact) mass is 621 g/mol. The minimum Gasteiger partial charge on any atom is -0.496 e. The van der Waals surface area contributed by atoms with Crippen LogP contribution in [0.4, 0.5) is 5.69 Å². The number of benzene rings is 3. The highest BCUT2D eigenvalue weighted by Crippen LogP contribution is 2.38. The van der Waals surface area contributed by atoms with Crippen LogP contribution < -0.4 is 19.5 Å². The molecular weight excluding hydrogens is 597 g/mol. The van der Waals surface area contributed by atoms with E-state index in [4.69, 9.17) is 42.1 Å². The summed E-state index contributed by atoms with van der Waals surface area (Å²) in [6.45, 7) is 4.45. The average molecular weight is 623 g/mol. The Bertz CT molecular complexity index is 1350. The smallest absolute Gasteiger partial charge is 0.341 e. The van der Waals surface area contributed by atoms with Crippen molar-refractivity contribution in [3.63, 3.8) is 0 Å². The van der Waals surface area contributed by atoms with E-state index in [1.807, 2.05) is 25.1 Å². The molecule has 1 amide bonds. The first kappa shape index (κ1) is 29.4. The van der Waals surface area contributed by atoms with Crippen LogP contribution in [-0.2, 0) is 16.1 Å². The minimum atomic E-state index is -0.570. The number of carbonyl (C=O) groups excluding carboxylic acids is 2. The fourth-order valence-electron chi connectivity index (χ4n) is 3.39. The fraction of sp³-hybridized carbons (Fsp3) is 0.214. The lowest BCUT2D eigenvalue weighted by Gasteiger charge is -2.15. The number of hydrogen-bond acceptors (Lipinski definition) is 6. The first-order valence-corrected chi connectivity index (χ1v) is 13.2. The molecule has 0 saturated heterocycles. The molecule has 0 unspecified atom stereocenters. The number of rotatable bonds is 11. The highest BCUT2D eigenvalue weighted by molar-refractivity contribution is 9.10. The van der Waals surface area contributed by atoms with Crippen molar-refractivity contribution in [1.29, 1.82) is 0 Å². The van der Waals surface area contributed by atoms with E-state index in [1.165, 1.54) is 25.3 Å².